The highest BCUT2D eigenvalue weighted by atomic mass is 16.5. The van der Waals surface area contributed by atoms with Gasteiger partial charge in [0.25, 0.3) is 0 Å². The van der Waals surface area contributed by atoms with Gasteiger partial charge >= 0.3 is 5.97 Å². The van der Waals surface area contributed by atoms with Gasteiger partial charge in [-0.15, -0.1) is 0 Å². The summed E-state index contributed by atoms with van der Waals surface area (Å²) in [5, 5.41) is 20.8. The summed E-state index contributed by atoms with van der Waals surface area (Å²) in [4.78, 5) is 22.5. The molecular weight excluding hydrogens is 226 g/mol. The molecule has 0 saturated carbocycles. The molecule has 17 heavy (non-hydrogen) atoms. The molecule has 0 spiro atoms. The summed E-state index contributed by atoms with van der Waals surface area (Å²) in [6, 6.07) is 0. The van der Waals surface area contributed by atoms with E-state index in [1.54, 1.807) is 20.8 Å². The quantitative estimate of drug-likeness (QED) is 0.642. The van der Waals surface area contributed by atoms with Gasteiger partial charge in [-0.25, -0.2) is 4.79 Å². The predicted molar refractivity (Wildman–Crippen MR) is 59.4 cm³/mol. The summed E-state index contributed by atoms with van der Waals surface area (Å²) in [5.74, 6) is -1.42. The molecule has 1 aliphatic rings. The molecule has 0 aliphatic carbocycles. The van der Waals surface area contributed by atoms with E-state index in [-0.39, 0.29) is 5.91 Å². The molecule has 3 atom stereocenters. The molecule has 0 aromatic rings. The molecule has 1 rings (SSSR count). The number of hydrogen-bond acceptors (Lipinski definition) is 4. The minimum Gasteiger partial charge on any atom is -0.479 e. The van der Waals surface area contributed by atoms with Crippen LogP contribution < -0.4 is 5.32 Å². The van der Waals surface area contributed by atoms with Crippen molar-refractivity contribution < 1.29 is 24.5 Å². The van der Waals surface area contributed by atoms with Gasteiger partial charge in [0, 0.05) is 0 Å². The molecule has 98 valence electrons. The number of ether oxygens (including phenoxy) is 1. The summed E-state index contributed by atoms with van der Waals surface area (Å²) in [6.07, 6.45) is -1.63. The fraction of sp³-hybridized carbons (Fsp3) is 0.818. The number of aliphatic hydroxyl groups excluding tert-OH is 1. The van der Waals surface area contributed by atoms with Crippen molar-refractivity contribution >= 4 is 11.9 Å². The first-order valence-electron chi connectivity index (χ1n) is 5.62. The summed E-state index contributed by atoms with van der Waals surface area (Å²) in [7, 11) is 0. The lowest BCUT2D eigenvalue weighted by atomic mass is 9.98. The van der Waals surface area contributed by atoms with Crippen molar-refractivity contribution in [2.45, 2.75) is 57.5 Å². The molecule has 3 N–H and O–H groups in total. The first-order chi connectivity index (χ1) is 7.74. The number of rotatable bonds is 4. The van der Waals surface area contributed by atoms with Gasteiger partial charge in [-0.05, 0) is 33.6 Å². The second-order valence-electron chi connectivity index (χ2n) is 4.92. The number of carbonyl (C=O) groups excluding carboxylic acids is 1. The number of amides is 1. The van der Waals surface area contributed by atoms with Crippen LogP contribution in [0.25, 0.3) is 0 Å². The Morgan fingerprint density at radius 1 is 1.35 bits per heavy atom. The second-order valence-corrected chi connectivity index (χ2v) is 4.92. The van der Waals surface area contributed by atoms with E-state index in [4.69, 9.17) is 9.84 Å². The zero-order valence-corrected chi connectivity index (χ0v) is 10.3. The van der Waals surface area contributed by atoms with Crippen LogP contribution in [0.2, 0.25) is 0 Å². The standard InChI is InChI=1S/C11H19NO5/c1-6(13)11(2,3)12-9(14)7-4-5-8(17-7)10(15)16/h6-8,13H,4-5H2,1-3H3,(H,12,14)(H,15,16). The second kappa shape index (κ2) is 5.01. The van der Waals surface area contributed by atoms with Crippen LogP contribution in [0.4, 0.5) is 0 Å². The fourth-order valence-corrected chi connectivity index (χ4v) is 1.51. The number of aliphatic carboxylic acids is 1. The van der Waals surface area contributed by atoms with Crippen LogP contribution in [0.5, 0.6) is 0 Å². The van der Waals surface area contributed by atoms with Gasteiger partial charge < -0.3 is 20.3 Å². The van der Waals surface area contributed by atoms with Crippen LogP contribution in [0, 0.1) is 0 Å². The zero-order chi connectivity index (χ0) is 13.2. The smallest absolute Gasteiger partial charge is 0.332 e. The largest absolute Gasteiger partial charge is 0.479 e. The van der Waals surface area contributed by atoms with Crippen molar-refractivity contribution in [3.05, 3.63) is 0 Å². The van der Waals surface area contributed by atoms with Crippen LogP contribution in [-0.4, -0.2) is 45.9 Å². The topological polar surface area (TPSA) is 95.9 Å². The van der Waals surface area contributed by atoms with Gasteiger partial charge in [-0.2, -0.15) is 0 Å². The highest BCUT2D eigenvalue weighted by molar-refractivity contribution is 5.83. The maximum absolute atomic E-state index is 11.8. The zero-order valence-electron chi connectivity index (χ0n) is 10.3. The Balaban J connectivity index is 2.53. The molecular formula is C11H19NO5. The van der Waals surface area contributed by atoms with Gasteiger partial charge in [0.15, 0.2) is 6.10 Å². The van der Waals surface area contributed by atoms with E-state index >= 15 is 0 Å². The number of carbonyl (C=O) groups is 2. The van der Waals surface area contributed by atoms with E-state index in [1.807, 2.05) is 0 Å². The average molecular weight is 245 g/mol. The number of carboxylic acids is 1. The normalized spacial score (nSPS) is 26.6. The molecule has 0 aromatic heterocycles. The Hall–Kier alpha value is -1.14. The van der Waals surface area contributed by atoms with E-state index < -0.39 is 29.8 Å². The highest BCUT2D eigenvalue weighted by Crippen LogP contribution is 2.21. The maximum atomic E-state index is 11.8. The third-order valence-electron chi connectivity index (χ3n) is 3.08. The van der Waals surface area contributed by atoms with Gasteiger partial charge in [0.05, 0.1) is 11.6 Å². The molecule has 0 bridgehead atoms. The van der Waals surface area contributed by atoms with Crippen molar-refractivity contribution in [2.75, 3.05) is 0 Å². The summed E-state index contributed by atoms with van der Waals surface area (Å²) >= 11 is 0. The first-order valence-corrected chi connectivity index (χ1v) is 5.62. The minimum atomic E-state index is -1.05. The third-order valence-corrected chi connectivity index (χ3v) is 3.08. The number of hydrogen-bond donors (Lipinski definition) is 3. The van der Waals surface area contributed by atoms with Crippen molar-refractivity contribution in [3.63, 3.8) is 0 Å². The van der Waals surface area contributed by atoms with Crippen molar-refractivity contribution in [3.8, 4) is 0 Å². The monoisotopic (exact) mass is 245 g/mol. The van der Waals surface area contributed by atoms with Crippen LogP contribution in [0.3, 0.4) is 0 Å². The van der Waals surface area contributed by atoms with E-state index in [2.05, 4.69) is 5.32 Å². The van der Waals surface area contributed by atoms with E-state index in [1.165, 1.54) is 0 Å². The maximum Gasteiger partial charge on any atom is 0.332 e. The van der Waals surface area contributed by atoms with Crippen LogP contribution >= 0.6 is 0 Å². The molecule has 3 unspecified atom stereocenters. The van der Waals surface area contributed by atoms with Gasteiger partial charge in [-0.1, -0.05) is 0 Å². The van der Waals surface area contributed by atoms with E-state index in [9.17, 15) is 14.7 Å². The SMILES string of the molecule is CC(O)C(C)(C)NC(=O)C1CCC(C(=O)O)O1. The Bertz CT molecular complexity index is 313. The Labute approximate surface area is 100.0 Å². The lowest BCUT2D eigenvalue weighted by Crippen LogP contribution is -2.53. The lowest BCUT2D eigenvalue weighted by molar-refractivity contribution is -0.152. The number of aliphatic hydroxyl groups is 1. The Morgan fingerprint density at radius 3 is 2.29 bits per heavy atom. The predicted octanol–water partition coefficient (Wildman–Crippen LogP) is -0.106. The van der Waals surface area contributed by atoms with Crippen LogP contribution in [0.15, 0.2) is 0 Å². The Kier molecular flexibility index (Phi) is 4.11. The molecule has 1 saturated heterocycles. The van der Waals surface area contributed by atoms with Gasteiger partial charge in [0.1, 0.15) is 6.10 Å². The van der Waals surface area contributed by atoms with Gasteiger partial charge in [-0.3, -0.25) is 4.79 Å². The third kappa shape index (κ3) is 3.41. The molecule has 1 fully saturated rings. The first kappa shape index (κ1) is 13.9. The van der Waals surface area contributed by atoms with Gasteiger partial charge in [0.2, 0.25) is 5.91 Å². The van der Waals surface area contributed by atoms with Crippen LogP contribution in [0.1, 0.15) is 33.6 Å². The molecule has 1 aliphatic heterocycles. The molecule has 1 amide bonds. The lowest BCUT2D eigenvalue weighted by Gasteiger charge is -2.30. The van der Waals surface area contributed by atoms with Crippen molar-refractivity contribution in [2.24, 2.45) is 0 Å². The highest BCUT2D eigenvalue weighted by Gasteiger charge is 2.37. The molecule has 6 nitrogen and oxygen atoms in total. The fourth-order valence-electron chi connectivity index (χ4n) is 1.51. The average Bonchev–Trinajstić information content (AvgIpc) is 2.65. The van der Waals surface area contributed by atoms with E-state index in [0.29, 0.717) is 12.8 Å². The molecule has 6 heteroatoms. The molecule has 0 radical (unpaired) electrons. The summed E-state index contributed by atoms with van der Waals surface area (Å²) in [5.41, 5.74) is -0.762. The van der Waals surface area contributed by atoms with Crippen LogP contribution in [-0.2, 0) is 14.3 Å². The Morgan fingerprint density at radius 2 is 1.88 bits per heavy atom. The molecule has 1 heterocycles. The summed E-state index contributed by atoms with van der Waals surface area (Å²) in [6.45, 7) is 4.97. The van der Waals surface area contributed by atoms with E-state index in [0.717, 1.165) is 0 Å². The number of carboxylic acid groups (broad SMARTS) is 1. The molecule has 0 aromatic carbocycles. The number of nitrogens with one attached hydrogen (secondary N) is 1. The summed E-state index contributed by atoms with van der Waals surface area (Å²) < 4.78 is 5.12. The van der Waals surface area contributed by atoms with Crippen molar-refractivity contribution in [1.29, 1.82) is 0 Å². The van der Waals surface area contributed by atoms with Crippen molar-refractivity contribution in [1.82, 2.24) is 5.32 Å². The minimum absolute atomic E-state index is 0.336.